The van der Waals surface area contributed by atoms with E-state index in [1.807, 2.05) is 0 Å². The third kappa shape index (κ3) is 3.81. The van der Waals surface area contributed by atoms with Gasteiger partial charge >= 0.3 is 12.6 Å². The topological polar surface area (TPSA) is 58.6 Å². The lowest BCUT2D eigenvalue weighted by Crippen LogP contribution is -2.41. The van der Waals surface area contributed by atoms with Crippen LogP contribution in [0.3, 0.4) is 0 Å². The third-order valence-electron chi connectivity index (χ3n) is 2.75. The van der Waals surface area contributed by atoms with Crippen molar-refractivity contribution in [2.45, 2.75) is 24.4 Å². The van der Waals surface area contributed by atoms with Gasteiger partial charge in [0.2, 0.25) is 0 Å². The van der Waals surface area contributed by atoms with Crippen LogP contribution in [0.15, 0.2) is 24.3 Å². The highest BCUT2D eigenvalue weighted by Gasteiger charge is 2.27. The number of thioether (sulfide) groups is 1. The molecule has 1 saturated heterocycles. The fourth-order valence-electron chi connectivity index (χ4n) is 1.83. The Morgan fingerprint density at radius 2 is 2.11 bits per heavy atom. The number of hydrogen-bond acceptors (Lipinski definition) is 4. The van der Waals surface area contributed by atoms with Crippen molar-refractivity contribution in [2.75, 3.05) is 5.75 Å². The SMILES string of the molecule is O=C(O)C1CCSC(c2ccc(OC(F)F)cc2)N1. The highest BCUT2D eigenvalue weighted by atomic mass is 32.2. The van der Waals surface area contributed by atoms with Gasteiger partial charge in [-0.1, -0.05) is 12.1 Å². The Hall–Kier alpha value is -1.34. The van der Waals surface area contributed by atoms with Crippen LogP contribution in [0.5, 0.6) is 5.75 Å². The van der Waals surface area contributed by atoms with Crippen molar-refractivity contribution in [2.24, 2.45) is 0 Å². The van der Waals surface area contributed by atoms with Crippen molar-refractivity contribution in [3.8, 4) is 5.75 Å². The van der Waals surface area contributed by atoms with E-state index in [0.29, 0.717) is 6.42 Å². The van der Waals surface area contributed by atoms with Gasteiger partial charge in [0.25, 0.3) is 0 Å². The van der Waals surface area contributed by atoms with Crippen molar-refractivity contribution in [3.63, 3.8) is 0 Å². The largest absolute Gasteiger partial charge is 0.480 e. The molecule has 2 N–H and O–H groups in total. The van der Waals surface area contributed by atoms with E-state index in [4.69, 9.17) is 5.11 Å². The Kier molecular flexibility index (Phi) is 4.60. The van der Waals surface area contributed by atoms with Crippen LogP contribution in [-0.4, -0.2) is 29.5 Å². The molecular weight excluding hydrogens is 276 g/mol. The predicted octanol–water partition coefficient (Wildman–Crippen LogP) is 2.47. The van der Waals surface area contributed by atoms with Gasteiger partial charge in [0.15, 0.2) is 0 Å². The molecule has 1 aliphatic rings. The van der Waals surface area contributed by atoms with Crippen LogP contribution in [-0.2, 0) is 4.79 Å². The number of nitrogens with one attached hydrogen (secondary N) is 1. The molecule has 104 valence electrons. The van der Waals surface area contributed by atoms with Crippen molar-refractivity contribution in [1.82, 2.24) is 5.32 Å². The van der Waals surface area contributed by atoms with Gasteiger partial charge < -0.3 is 9.84 Å². The van der Waals surface area contributed by atoms with Gasteiger partial charge in [0.1, 0.15) is 11.8 Å². The molecule has 1 aromatic carbocycles. The Morgan fingerprint density at radius 3 is 2.68 bits per heavy atom. The molecule has 0 bridgehead atoms. The van der Waals surface area contributed by atoms with Gasteiger partial charge in [-0.3, -0.25) is 10.1 Å². The van der Waals surface area contributed by atoms with Crippen LogP contribution in [0.1, 0.15) is 17.4 Å². The lowest BCUT2D eigenvalue weighted by atomic mass is 10.1. The Morgan fingerprint density at radius 1 is 1.42 bits per heavy atom. The van der Waals surface area contributed by atoms with E-state index >= 15 is 0 Å². The lowest BCUT2D eigenvalue weighted by Gasteiger charge is -2.28. The molecule has 0 saturated carbocycles. The van der Waals surface area contributed by atoms with E-state index in [1.165, 1.54) is 12.1 Å². The summed E-state index contributed by atoms with van der Waals surface area (Å²) in [5.74, 6) is -0.0403. The summed E-state index contributed by atoms with van der Waals surface area (Å²) in [6.07, 6.45) is 0.572. The van der Waals surface area contributed by atoms with E-state index in [2.05, 4.69) is 10.1 Å². The number of benzene rings is 1. The molecule has 19 heavy (non-hydrogen) atoms. The Bertz CT molecular complexity index is 441. The minimum absolute atomic E-state index is 0.0920. The molecule has 0 spiro atoms. The molecule has 4 nitrogen and oxygen atoms in total. The number of carboxylic acid groups (broad SMARTS) is 1. The number of carbonyl (C=O) groups is 1. The standard InChI is InChI=1S/C12H13F2NO3S/c13-12(14)18-8-3-1-7(2-4-8)10-15-9(11(16)17)5-6-19-10/h1-4,9-10,12,15H,5-6H2,(H,16,17). The van der Waals surface area contributed by atoms with Gasteiger partial charge in [-0.05, 0) is 29.9 Å². The molecule has 0 amide bonds. The number of carboxylic acids is 1. The summed E-state index contributed by atoms with van der Waals surface area (Å²) < 4.78 is 28.3. The maximum atomic E-state index is 12.0. The number of rotatable bonds is 4. The third-order valence-corrected chi connectivity index (χ3v) is 3.96. The van der Waals surface area contributed by atoms with Gasteiger partial charge in [0.05, 0.1) is 5.37 Å². The molecule has 0 aromatic heterocycles. The number of hydrogen-bond donors (Lipinski definition) is 2. The van der Waals surface area contributed by atoms with Crippen LogP contribution in [0.4, 0.5) is 8.78 Å². The maximum Gasteiger partial charge on any atom is 0.387 e. The first kappa shape index (κ1) is 14.1. The monoisotopic (exact) mass is 289 g/mol. The lowest BCUT2D eigenvalue weighted by molar-refractivity contribution is -0.139. The van der Waals surface area contributed by atoms with E-state index in [-0.39, 0.29) is 11.1 Å². The Labute approximate surface area is 113 Å². The summed E-state index contributed by atoms with van der Waals surface area (Å²) in [4.78, 5) is 10.9. The molecule has 0 aliphatic carbocycles. The smallest absolute Gasteiger partial charge is 0.387 e. The number of ether oxygens (including phenoxy) is 1. The van der Waals surface area contributed by atoms with Crippen LogP contribution < -0.4 is 10.1 Å². The van der Waals surface area contributed by atoms with Crippen LogP contribution in [0.25, 0.3) is 0 Å². The summed E-state index contributed by atoms with van der Waals surface area (Å²) in [6, 6.07) is 5.66. The molecular formula is C12H13F2NO3S. The summed E-state index contributed by atoms with van der Waals surface area (Å²) in [7, 11) is 0. The molecule has 2 rings (SSSR count). The van der Waals surface area contributed by atoms with Crippen molar-refractivity contribution in [3.05, 3.63) is 29.8 Å². The minimum atomic E-state index is -2.84. The summed E-state index contributed by atoms with van der Waals surface area (Å²) >= 11 is 1.59. The highest BCUT2D eigenvalue weighted by molar-refractivity contribution is 7.99. The minimum Gasteiger partial charge on any atom is -0.480 e. The van der Waals surface area contributed by atoms with Crippen molar-refractivity contribution in [1.29, 1.82) is 0 Å². The molecule has 7 heteroatoms. The molecule has 2 atom stereocenters. The van der Waals surface area contributed by atoms with Crippen LogP contribution in [0.2, 0.25) is 0 Å². The van der Waals surface area contributed by atoms with E-state index in [1.54, 1.807) is 23.9 Å². The normalized spacial score (nSPS) is 23.3. The number of halogens is 2. The zero-order chi connectivity index (χ0) is 13.8. The average molecular weight is 289 g/mol. The first-order valence-corrected chi connectivity index (χ1v) is 6.76. The second-order valence-electron chi connectivity index (χ2n) is 4.04. The first-order chi connectivity index (χ1) is 9.06. The maximum absolute atomic E-state index is 12.0. The van der Waals surface area contributed by atoms with Crippen molar-refractivity contribution < 1.29 is 23.4 Å². The first-order valence-electron chi connectivity index (χ1n) is 5.71. The number of alkyl halides is 2. The molecule has 1 aromatic rings. The van der Waals surface area contributed by atoms with E-state index in [0.717, 1.165) is 11.3 Å². The number of aliphatic carboxylic acids is 1. The predicted molar refractivity (Wildman–Crippen MR) is 67.4 cm³/mol. The Balaban J connectivity index is 2.03. The average Bonchev–Trinajstić information content (AvgIpc) is 2.39. The van der Waals surface area contributed by atoms with Gasteiger partial charge in [-0.25, -0.2) is 0 Å². The zero-order valence-corrected chi connectivity index (χ0v) is 10.7. The summed E-state index contributed by atoms with van der Waals surface area (Å²) in [6.45, 7) is -2.84. The summed E-state index contributed by atoms with van der Waals surface area (Å²) in [5, 5.41) is 11.8. The molecule has 0 radical (unpaired) electrons. The second kappa shape index (κ2) is 6.21. The van der Waals surface area contributed by atoms with Crippen LogP contribution in [0, 0.1) is 0 Å². The fraction of sp³-hybridized carbons (Fsp3) is 0.417. The molecule has 1 aliphatic heterocycles. The zero-order valence-electron chi connectivity index (χ0n) is 9.88. The quantitative estimate of drug-likeness (QED) is 0.891. The molecule has 1 heterocycles. The fourth-order valence-corrected chi connectivity index (χ4v) is 3.05. The van der Waals surface area contributed by atoms with Gasteiger partial charge in [0, 0.05) is 0 Å². The van der Waals surface area contributed by atoms with Gasteiger partial charge in [-0.2, -0.15) is 8.78 Å². The van der Waals surface area contributed by atoms with Crippen molar-refractivity contribution >= 4 is 17.7 Å². The molecule has 1 fully saturated rings. The van der Waals surface area contributed by atoms with E-state index < -0.39 is 18.6 Å². The highest BCUT2D eigenvalue weighted by Crippen LogP contribution is 2.32. The summed E-state index contributed by atoms with van der Waals surface area (Å²) in [5.41, 5.74) is 0.845. The molecule has 2 unspecified atom stereocenters. The van der Waals surface area contributed by atoms with Gasteiger partial charge in [-0.15, -0.1) is 11.8 Å². The van der Waals surface area contributed by atoms with Crippen LogP contribution >= 0.6 is 11.8 Å². The second-order valence-corrected chi connectivity index (χ2v) is 5.26. The van der Waals surface area contributed by atoms with E-state index in [9.17, 15) is 13.6 Å².